The van der Waals surface area contributed by atoms with E-state index in [1.807, 2.05) is 12.1 Å². The Morgan fingerprint density at radius 3 is 3.19 bits per heavy atom. The van der Waals surface area contributed by atoms with Gasteiger partial charge in [-0.2, -0.15) is 0 Å². The molecule has 3 rings (SSSR count). The molecule has 3 heteroatoms. The van der Waals surface area contributed by atoms with Crippen LogP contribution in [0.2, 0.25) is 0 Å². The molecule has 16 heavy (non-hydrogen) atoms. The smallest absolute Gasteiger partial charge is 0.124 e. The van der Waals surface area contributed by atoms with Gasteiger partial charge in [-0.3, -0.25) is 0 Å². The summed E-state index contributed by atoms with van der Waals surface area (Å²) in [4.78, 5) is 0. The molecule has 1 saturated heterocycles. The predicted molar refractivity (Wildman–Crippen MR) is 63.7 cm³/mol. The molecule has 2 aliphatic heterocycles. The minimum absolute atomic E-state index is 0.374. The van der Waals surface area contributed by atoms with E-state index in [1.54, 1.807) is 0 Å². The van der Waals surface area contributed by atoms with E-state index in [9.17, 15) is 0 Å². The minimum atomic E-state index is 0.374. The second kappa shape index (κ2) is 4.44. The molecule has 2 aliphatic rings. The summed E-state index contributed by atoms with van der Waals surface area (Å²) in [6, 6.07) is 9.33. The molecule has 3 nitrogen and oxygen atoms in total. The summed E-state index contributed by atoms with van der Waals surface area (Å²) in [7, 11) is 0. The SMILES string of the molecule is c1ccc2c(c1)OCC2NCC1CCCN1. The van der Waals surface area contributed by atoms with Crippen molar-refractivity contribution in [2.75, 3.05) is 19.7 Å². The lowest BCUT2D eigenvalue weighted by Gasteiger charge is -2.15. The molecule has 1 aromatic rings. The lowest BCUT2D eigenvalue weighted by Crippen LogP contribution is -2.36. The van der Waals surface area contributed by atoms with Crippen molar-refractivity contribution in [3.8, 4) is 5.75 Å². The number of rotatable bonds is 3. The van der Waals surface area contributed by atoms with E-state index >= 15 is 0 Å². The Kier molecular flexibility index (Phi) is 2.80. The number of hydrogen-bond acceptors (Lipinski definition) is 3. The third-order valence-corrected chi connectivity index (χ3v) is 3.47. The molecule has 0 radical (unpaired) electrons. The molecular formula is C13H18N2O. The normalized spacial score (nSPS) is 27.8. The zero-order valence-corrected chi connectivity index (χ0v) is 9.41. The highest BCUT2D eigenvalue weighted by Gasteiger charge is 2.24. The van der Waals surface area contributed by atoms with Gasteiger partial charge in [-0.25, -0.2) is 0 Å². The molecule has 0 bridgehead atoms. The first-order chi connectivity index (χ1) is 7.93. The van der Waals surface area contributed by atoms with Crippen molar-refractivity contribution in [2.45, 2.75) is 24.9 Å². The number of fused-ring (bicyclic) bond motifs is 1. The highest BCUT2D eigenvalue weighted by atomic mass is 16.5. The topological polar surface area (TPSA) is 33.3 Å². The fraction of sp³-hybridized carbons (Fsp3) is 0.538. The Hall–Kier alpha value is -1.06. The first kappa shape index (κ1) is 10.1. The van der Waals surface area contributed by atoms with Crippen molar-refractivity contribution in [3.63, 3.8) is 0 Å². The van der Waals surface area contributed by atoms with E-state index in [1.165, 1.54) is 24.9 Å². The van der Waals surface area contributed by atoms with Crippen LogP contribution in [0.15, 0.2) is 24.3 Å². The fourth-order valence-corrected chi connectivity index (χ4v) is 2.55. The van der Waals surface area contributed by atoms with Crippen LogP contribution in [0.3, 0.4) is 0 Å². The van der Waals surface area contributed by atoms with Crippen molar-refractivity contribution in [2.24, 2.45) is 0 Å². The molecule has 0 saturated carbocycles. The molecule has 1 aromatic carbocycles. The summed E-state index contributed by atoms with van der Waals surface area (Å²) in [5, 5.41) is 7.09. The van der Waals surface area contributed by atoms with Crippen LogP contribution in [0.1, 0.15) is 24.4 Å². The predicted octanol–water partition coefficient (Wildman–Crippen LogP) is 1.46. The lowest BCUT2D eigenvalue weighted by molar-refractivity contribution is 0.307. The molecule has 2 atom stereocenters. The van der Waals surface area contributed by atoms with E-state index in [2.05, 4.69) is 22.8 Å². The Morgan fingerprint density at radius 2 is 2.31 bits per heavy atom. The molecular weight excluding hydrogens is 200 g/mol. The van der Waals surface area contributed by atoms with E-state index in [0.29, 0.717) is 12.1 Å². The summed E-state index contributed by atoms with van der Waals surface area (Å²) in [5.74, 6) is 1.04. The largest absolute Gasteiger partial charge is 0.491 e. The van der Waals surface area contributed by atoms with Gasteiger partial charge in [0.15, 0.2) is 0 Å². The third-order valence-electron chi connectivity index (χ3n) is 3.47. The summed E-state index contributed by atoms with van der Waals surface area (Å²) >= 11 is 0. The zero-order chi connectivity index (χ0) is 10.8. The Labute approximate surface area is 96.2 Å². The molecule has 0 aromatic heterocycles. The summed E-state index contributed by atoms with van der Waals surface area (Å²) in [6.45, 7) is 2.98. The second-order valence-corrected chi connectivity index (χ2v) is 4.60. The van der Waals surface area contributed by atoms with Gasteiger partial charge >= 0.3 is 0 Å². The van der Waals surface area contributed by atoms with E-state index < -0.39 is 0 Å². The maximum absolute atomic E-state index is 5.64. The van der Waals surface area contributed by atoms with Crippen molar-refractivity contribution in [1.82, 2.24) is 10.6 Å². The molecule has 86 valence electrons. The van der Waals surface area contributed by atoms with Gasteiger partial charge in [-0.1, -0.05) is 18.2 Å². The van der Waals surface area contributed by atoms with Crippen LogP contribution in [-0.4, -0.2) is 25.7 Å². The second-order valence-electron chi connectivity index (χ2n) is 4.60. The number of ether oxygens (including phenoxy) is 1. The van der Waals surface area contributed by atoms with Gasteiger partial charge in [-0.15, -0.1) is 0 Å². The Morgan fingerprint density at radius 1 is 1.38 bits per heavy atom. The highest BCUT2D eigenvalue weighted by Crippen LogP contribution is 2.31. The van der Waals surface area contributed by atoms with Crippen LogP contribution >= 0.6 is 0 Å². The Balaban J connectivity index is 1.60. The summed E-state index contributed by atoms with van der Waals surface area (Å²) < 4.78 is 5.64. The molecule has 2 unspecified atom stereocenters. The van der Waals surface area contributed by atoms with Gasteiger partial charge in [0.1, 0.15) is 12.4 Å². The van der Waals surface area contributed by atoms with Gasteiger partial charge in [0.2, 0.25) is 0 Å². The number of nitrogens with one attached hydrogen (secondary N) is 2. The maximum Gasteiger partial charge on any atom is 0.124 e. The quantitative estimate of drug-likeness (QED) is 0.806. The molecule has 2 N–H and O–H groups in total. The summed E-state index contributed by atoms with van der Waals surface area (Å²) in [6.07, 6.45) is 2.60. The van der Waals surface area contributed by atoms with Crippen molar-refractivity contribution in [3.05, 3.63) is 29.8 Å². The van der Waals surface area contributed by atoms with Gasteiger partial charge < -0.3 is 15.4 Å². The monoisotopic (exact) mass is 218 g/mol. The zero-order valence-electron chi connectivity index (χ0n) is 9.41. The van der Waals surface area contributed by atoms with Crippen molar-refractivity contribution >= 4 is 0 Å². The average Bonchev–Trinajstić information content (AvgIpc) is 2.96. The van der Waals surface area contributed by atoms with Gasteiger partial charge in [0.05, 0.1) is 6.04 Å². The summed E-state index contributed by atoms with van der Waals surface area (Å²) in [5.41, 5.74) is 1.31. The first-order valence-electron chi connectivity index (χ1n) is 6.12. The third kappa shape index (κ3) is 1.93. The first-order valence-corrected chi connectivity index (χ1v) is 6.12. The average molecular weight is 218 g/mol. The van der Waals surface area contributed by atoms with E-state index in [-0.39, 0.29) is 0 Å². The number of para-hydroxylation sites is 1. The van der Waals surface area contributed by atoms with Crippen LogP contribution in [-0.2, 0) is 0 Å². The van der Waals surface area contributed by atoms with Crippen LogP contribution in [0.4, 0.5) is 0 Å². The molecule has 0 aliphatic carbocycles. The minimum Gasteiger partial charge on any atom is -0.491 e. The molecule has 2 heterocycles. The van der Waals surface area contributed by atoms with Crippen molar-refractivity contribution < 1.29 is 4.74 Å². The Bertz CT molecular complexity index is 361. The van der Waals surface area contributed by atoms with Gasteiger partial charge in [0, 0.05) is 18.2 Å². The van der Waals surface area contributed by atoms with Gasteiger partial charge in [0.25, 0.3) is 0 Å². The maximum atomic E-state index is 5.64. The standard InChI is InChI=1S/C13H18N2O/c1-2-6-13-11(5-1)12(9-16-13)15-8-10-4-3-7-14-10/h1-2,5-6,10,12,14-15H,3-4,7-9H2. The number of benzene rings is 1. The van der Waals surface area contributed by atoms with Crippen LogP contribution < -0.4 is 15.4 Å². The van der Waals surface area contributed by atoms with E-state index in [0.717, 1.165) is 18.9 Å². The van der Waals surface area contributed by atoms with Crippen LogP contribution in [0, 0.1) is 0 Å². The molecule has 0 spiro atoms. The molecule has 0 amide bonds. The number of hydrogen-bond donors (Lipinski definition) is 2. The highest BCUT2D eigenvalue weighted by molar-refractivity contribution is 5.39. The lowest BCUT2D eigenvalue weighted by atomic mass is 10.1. The van der Waals surface area contributed by atoms with Crippen LogP contribution in [0.5, 0.6) is 5.75 Å². The fourth-order valence-electron chi connectivity index (χ4n) is 2.55. The van der Waals surface area contributed by atoms with E-state index in [4.69, 9.17) is 4.74 Å². The van der Waals surface area contributed by atoms with Crippen LogP contribution in [0.25, 0.3) is 0 Å². The van der Waals surface area contributed by atoms with Crippen molar-refractivity contribution in [1.29, 1.82) is 0 Å². The van der Waals surface area contributed by atoms with Gasteiger partial charge in [-0.05, 0) is 25.5 Å². The molecule has 1 fully saturated rings.